The molecule has 2 unspecified atom stereocenters. The molecule has 2 bridgehead atoms. The summed E-state index contributed by atoms with van der Waals surface area (Å²) in [5.41, 5.74) is 0. The topological polar surface area (TPSA) is 23.6 Å². The molecule has 3 fully saturated rings. The maximum absolute atomic E-state index is 11.1. The van der Waals surface area contributed by atoms with Crippen LogP contribution in [0.25, 0.3) is 0 Å². The average Bonchev–Trinajstić information content (AvgIpc) is 2.03. The van der Waals surface area contributed by atoms with Crippen LogP contribution in [0.3, 0.4) is 0 Å². The van der Waals surface area contributed by atoms with E-state index in [4.69, 9.17) is 0 Å². The van der Waals surface area contributed by atoms with Crippen molar-refractivity contribution in [1.29, 1.82) is 0 Å². The molecule has 3 rings (SSSR count). The number of fused-ring (bicyclic) bond motifs is 2. The molecular weight excluding hydrogens is 152 g/mol. The van der Waals surface area contributed by atoms with Crippen LogP contribution in [0.15, 0.2) is 0 Å². The van der Waals surface area contributed by atoms with Gasteiger partial charge in [0.1, 0.15) is 0 Å². The Morgan fingerprint density at radius 3 is 2.42 bits per heavy atom. The van der Waals surface area contributed by atoms with E-state index >= 15 is 0 Å². The van der Waals surface area contributed by atoms with Crippen molar-refractivity contribution in [2.24, 2.45) is 0 Å². The highest BCUT2D eigenvalue weighted by molar-refractivity contribution is 5.75. The Labute approximate surface area is 73.3 Å². The predicted octanol–water partition coefficient (Wildman–Crippen LogP) is 0.311. The lowest BCUT2D eigenvalue weighted by Crippen LogP contribution is -2.69. The number of hydrogen-bond donors (Lipinski definition) is 0. The number of likely N-dealkylation sites (N-methyl/N-ethyl adjacent to an activating group) is 1. The first-order valence-corrected chi connectivity index (χ1v) is 4.73. The highest BCUT2D eigenvalue weighted by Crippen LogP contribution is 2.31. The molecule has 3 aliphatic rings. The second kappa shape index (κ2) is 2.73. The molecular formula is C9H16N2O. The number of carbonyl (C=O) groups is 1. The SMILES string of the molecule is CCN1CC2CC(C1)N2C(C)=O. The van der Waals surface area contributed by atoms with Crippen molar-refractivity contribution in [1.82, 2.24) is 9.80 Å². The van der Waals surface area contributed by atoms with Crippen LogP contribution in [0.5, 0.6) is 0 Å². The zero-order valence-electron chi connectivity index (χ0n) is 7.79. The molecule has 3 nitrogen and oxygen atoms in total. The van der Waals surface area contributed by atoms with Gasteiger partial charge in [0.2, 0.25) is 5.91 Å². The number of piperidine rings is 1. The highest BCUT2D eigenvalue weighted by Gasteiger charge is 2.45. The summed E-state index contributed by atoms with van der Waals surface area (Å²) in [6.07, 6.45) is 1.23. The van der Waals surface area contributed by atoms with Gasteiger partial charge in [0, 0.05) is 32.1 Å². The second-order valence-corrected chi connectivity index (χ2v) is 3.82. The summed E-state index contributed by atoms with van der Waals surface area (Å²) in [4.78, 5) is 15.6. The van der Waals surface area contributed by atoms with E-state index in [2.05, 4.69) is 11.8 Å². The number of nitrogens with zero attached hydrogens (tertiary/aromatic N) is 2. The first kappa shape index (κ1) is 8.05. The van der Waals surface area contributed by atoms with Crippen molar-refractivity contribution >= 4 is 5.91 Å². The molecule has 12 heavy (non-hydrogen) atoms. The maximum atomic E-state index is 11.1. The molecule has 2 atom stereocenters. The van der Waals surface area contributed by atoms with E-state index < -0.39 is 0 Å². The van der Waals surface area contributed by atoms with Gasteiger partial charge < -0.3 is 4.90 Å². The van der Waals surface area contributed by atoms with E-state index in [9.17, 15) is 4.79 Å². The average molecular weight is 168 g/mol. The van der Waals surface area contributed by atoms with Crippen LogP contribution >= 0.6 is 0 Å². The number of hydrogen-bond acceptors (Lipinski definition) is 2. The van der Waals surface area contributed by atoms with Crippen molar-refractivity contribution in [2.45, 2.75) is 32.4 Å². The Hall–Kier alpha value is -0.570. The molecule has 3 aliphatic heterocycles. The molecule has 0 N–H and O–H groups in total. The minimum absolute atomic E-state index is 0.256. The zero-order valence-corrected chi connectivity index (χ0v) is 7.79. The van der Waals surface area contributed by atoms with Gasteiger partial charge in [-0.2, -0.15) is 0 Å². The molecule has 3 heteroatoms. The first-order valence-electron chi connectivity index (χ1n) is 4.73. The summed E-state index contributed by atoms with van der Waals surface area (Å²) in [7, 11) is 0. The van der Waals surface area contributed by atoms with E-state index in [1.54, 1.807) is 6.92 Å². The third-order valence-electron chi connectivity index (χ3n) is 3.08. The van der Waals surface area contributed by atoms with Gasteiger partial charge in [0.05, 0.1) is 0 Å². The first-order chi connectivity index (χ1) is 5.72. The van der Waals surface area contributed by atoms with Gasteiger partial charge in [-0.25, -0.2) is 0 Å². The van der Waals surface area contributed by atoms with Crippen molar-refractivity contribution in [3.8, 4) is 0 Å². The van der Waals surface area contributed by atoms with Crippen molar-refractivity contribution in [3.63, 3.8) is 0 Å². The van der Waals surface area contributed by atoms with Crippen molar-refractivity contribution < 1.29 is 4.79 Å². The minimum atomic E-state index is 0.256. The predicted molar refractivity (Wildman–Crippen MR) is 46.8 cm³/mol. The fourth-order valence-electron chi connectivity index (χ4n) is 2.47. The Morgan fingerprint density at radius 1 is 1.42 bits per heavy atom. The van der Waals surface area contributed by atoms with Crippen molar-refractivity contribution in [2.75, 3.05) is 19.6 Å². The third-order valence-corrected chi connectivity index (χ3v) is 3.08. The summed E-state index contributed by atoms with van der Waals surface area (Å²) in [6, 6.07) is 1.06. The molecule has 0 aliphatic carbocycles. The number of carbonyl (C=O) groups excluding carboxylic acids is 1. The Balaban J connectivity index is 1.98. The second-order valence-electron chi connectivity index (χ2n) is 3.82. The molecule has 3 saturated heterocycles. The molecule has 1 amide bonds. The summed E-state index contributed by atoms with van der Waals surface area (Å²) < 4.78 is 0. The quantitative estimate of drug-likeness (QED) is 0.562. The lowest BCUT2D eigenvalue weighted by Gasteiger charge is -2.56. The van der Waals surface area contributed by atoms with Crippen LogP contribution in [0.4, 0.5) is 0 Å². The van der Waals surface area contributed by atoms with Gasteiger partial charge in [0.15, 0.2) is 0 Å². The molecule has 0 saturated carbocycles. The maximum Gasteiger partial charge on any atom is 0.220 e. The van der Waals surface area contributed by atoms with E-state index in [-0.39, 0.29) is 5.91 Å². The molecule has 0 aromatic heterocycles. The number of piperazine rings is 1. The highest BCUT2D eigenvalue weighted by atomic mass is 16.2. The smallest absolute Gasteiger partial charge is 0.220 e. The Bertz CT molecular complexity index is 193. The molecule has 0 radical (unpaired) electrons. The molecule has 0 aromatic carbocycles. The van der Waals surface area contributed by atoms with Crippen LogP contribution in [0.1, 0.15) is 20.3 Å². The Kier molecular flexibility index (Phi) is 1.83. The van der Waals surface area contributed by atoms with Crippen LogP contribution < -0.4 is 0 Å². The fraction of sp³-hybridized carbons (Fsp3) is 0.889. The van der Waals surface area contributed by atoms with Gasteiger partial charge in [0.25, 0.3) is 0 Å². The van der Waals surface area contributed by atoms with E-state index in [1.807, 2.05) is 4.90 Å². The van der Waals surface area contributed by atoms with Gasteiger partial charge >= 0.3 is 0 Å². The summed E-state index contributed by atoms with van der Waals surface area (Å²) in [6.45, 7) is 7.17. The van der Waals surface area contributed by atoms with Gasteiger partial charge in [-0.15, -0.1) is 0 Å². The van der Waals surface area contributed by atoms with E-state index in [0.717, 1.165) is 19.6 Å². The largest absolute Gasteiger partial charge is 0.334 e. The van der Waals surface area contributed by atoms with E-state index in [1.165, 1.54) is 6.42 Å². The van der Waals surface area contributed by atoms with Crippen LogP contribution in [0, 0.1) is 0 Å². The summed E-state index contributed by atoms with van der Waals surface area (Å²) in [5, 5.41) is 0. The van der Waals surface area contributed by atoms with Gasteiger partial charge in [-0.05, 0) is 13.0 Å². The zero-order chi connectivity index (χ0) is 8.72. The molecule has 0 spiro atoms. The molecule has 0 aromatic rings. The lowest BCUT2D eigenvalue weighted by atomic mass is 9.87. The fourth-order valence-corrected chi connectivity index (χ4v) is 2.47. The third kappa shape index (κ3) is 1.04. The minimum Gasteiger partial charge on any atom is -0.334 e. The number of amides is 1. The van der Waals surface area contributed by atoms with Gasteiger partial charge in [-0.1, -0.05) is 6.92 Å². The van der Waals surface area contributed by atoms with Crippen molar-refractivity contribution in [3.05, 3.63) is 0 Å². The van der Waals surface area contributed by atoms with E-state index in [0.29, 0.717) is 12.1 Å². The number of rotatable bonds is 1. The summed E-state index contributed by atoms with van der Waals surface area (Å²) in [5.74, 6) is 0.256. The van der Waals surface area contributed by atoms with Crippen LogP contribution in [-0.2, 0) is 4.79 Å². The van der Waals surface area contributed by atoms with Crippen LogP contribution in [0.2, 0.25) is 0 Å². The Morgan fingerprint density at radius 2 is 2.00 bits per heavy atom. The van der Waals surface area contributed by atoms with Gasteiger partial charge in [-0.3, -0.25) is 9.69 Å². The molecule has 3 heterocycles. The van der Waals surface area contributed by atoms with Crippen LogP contribution in [-0.4, -0.2) is 47.4 Å². The molecule has 68 valence electrons. The summed E-state index contributed by atoms with van der Waals surface area (Å²) >= 11 is 0. The monoisotopic (exact) mass is 168 g/mol. The normalized spacial score (nSPS) is 34.7. The lowest BCUT2D eigenvalue weighted by molar-refractivity contribution is -0.151. The standard InChI is InChI=1S/C9H16N2O/c1-3-10-5-8-4-9(6-10)11(8)7(2)12/h8-9H,3-6H2,1-2H3.